The first kappa shape index (κ1) is 16.8. The first-order valence-electron chi connectivity index (χ1n) is 8.22. The van der Waals surface area contributed by atoms with Gasteiger partial charge in [-0.3, -0.25) is 9.59 Å². The van der Waals surface area contributed by atoms with E-state index in [9.17, 15) is 14.7 Å². The van der Waals surface area contributed by atoms with Gasteiger partial charge < -0.3 is 19.5 Å². The van der Waals surface area contributed by atoms with Gasteiger partial charge in [0.05, 0.1) is 25.0 Å². The predicted octanol–water partition coefficient (Wildman–Crippen LogP) is 1.75. The number of carbonyl (C=O) groups is 2. The number of carboxylic acids is 1. The fourth-order valence-electron chi connectivity index (χ4n) is 3.79. The lowest BCUT2D eigenvalue weighted by atomic mass is 9.74. The van der Waals surface area contributed by atoms with Crippen LogP contribution < -0.4 is 4.74 Å². The average Bonchev–Trinajstić information content (AvgIpc) is 3.01. The standard InChI is InChI=1S/C18H23NO5/c1-12(13-4-3-5-15(8-13)23-2)16(20)19-9-14-10-24-7-6-18(14,11-19)17(21)22/h3-5,8,12,14H,6-7,9-11H2,1-2H3,(H,21,22)/t12?,14-,18+/m0/s1. The lowest BCUT2D eigenvalue weighted by Crippen LogP contribution is -2.45. The van der Waals surface area contributed by atoms with Crippen molar-refractivity contribution in [3.05, 3.63) is 29.8 Å². The number of amides is 1. The third kappa shape index (κ3) is 2.75. The van der Waals surface area contributed by atoms with Crippen LogP contribution in [0.5, 0.6) is 5.75 Å². The molecule has 2 saturated heterocycles. The summed E-state index contributed by atoms with van der Waals surface area (Å²) < 4.78 is 10.7. The smallest absolute Gasteiger partial charge is 0.311 e. The highest BCUT2D eigenvalue weighted by atomic mass is 16.5. The van der Waals surface area contributed by atoms with E-state index in [1.54, 1.807) is 12.0 Å². The SMILES string of the molecule is COc1cccc(C(C)C(=O)N2C[C@H]3COCC[C@@]3(C(=O)O)C2)c1. The summed E-state index contributed by atoms with van der Waals surface area (Å²) in [4.78, 5) is 26.4. The predicted molar refractivity (Wildman–Crippen MR) is 87.0 cm³/mol. The molecule has 130 valence electrons. The second-order valence-electron chi connectivity index (χ2n) is 6.70. The van der Waals surface area contributed by atoms with Gasteiger partial charge in [0.2, 0.25) is 5.91 Å². The van der Waals surface area contributed by atoms with E-state index in [0.717, 1.165) is 5.56 Å². The van der Waals surface area contributed by atoms with E-state index in [4.69, 9.17) is 9.47 Å². The molecule has 2 fully saturated rings. The number of hydrogen-bond acceptors (Lipinski definition) is 4. The summed E-state index contributed by atoms with van der Waals surface area (Å²) in [5.74, 6) is -0.631. The van der Waals surface area contributed by atoms with Crippen molar-refractivity contribution in [3.8, 4) is 5.75 Å². The van der Waals surface area contributed by atoms with E-state index in [-0.39, 0.29) is 24.3 Å². The molecule has 0 spiro atoms. The molecule has 0 saturated carbocycles. The molecule has 1 aromatic rings. The first-order chi connectivity index (χ1) is 11.5. The Balaban J connectivity index is 1.79. The van der Waals surface area contributed by atoms with E-state index in [1.165, 1.54) is 0 Å². The minimum atomic E-state index is -0.859. The molecule has 2 aliphatic rings. The van der Waals surface area contributed by atoms with Crippen LogP contribution in [0.3, 0.4) is 0 Å². The Morgan fingerprint density at radius 3 is 2.92 bits per heavy atom. The fraction of sp³-hybridized carbons (Fsp3) is 0.556. The first-order valence-corrected chi connectivity index (χ1v) is 8.22. The minimum absolute atomic E-state index is 0.0433. The molecule has 6 nitrogen and oxygen atoms in total. The number of carbonyl (C=O) groups excluding carboxylic acids is 1. The van der Waals surface area contributed by atoms with Crippen LogP contribution in [0.15, 0.2) is 24.3 Å². The number of fused-ring (bicyclic) bond motifs is 1. The Labute approximate surface area is 141 Å². The molecule has 2 aliphatic heterocycles. The lowest BCUT2D eigenvalue weighted by molar-refractivity contribution is -0.157. The third-order valence-corrected chi connectivity index (χ3v) is 5.41. The molecule has 1 unspecified atom stereocenters. The number of nitrogens with zero attached hydrogens (tertiary/aromatic N) is 1. The summed E-state index contributed by atoms with van der Waals surface area (Å²) in [7, 11) is 1.59. The zero-order chi connectivity index (χ0) is 17.3. The van der Waals surface area contributed by atoms with Crippen molar-refractivity contribution in [2.45, 2.75) is 19.3 Å². The Morgan fingerprint density at radius 2 is 2.25 bits per heavy atom. The largest absolute Gasteiger partial charge is 0.497 e. The van der Waals surface area contributed by atoms with Gasteiger partial charge in [0, 0.05) is 25.6 Å². The van der Waals surface area contributed by atoms with Crippen LogP contribution in [0.2, 0.25) is 0 Å². The number of rotatable bonds is 4. The number of methoxy groups -OCH3 is 1. The van der Waals surface area contributed by atoms with Gasteiger partial charge in [-0.2, -0.15) is 0 Å². The molecular formula is C18H23NO5. The van der Waals surface area contributed by atoms with E-state index < -0.39 is 11.4 Å². The van der Waals surface area contributed by atoms with Crippen LogP contribution in [0.25, 0.3) is 0 Å². The van der Waals surface area contributed by atoms with Gasteiger partial charge in [-0.15, -0.1) is 0 Å². The van der Waals surface area contributed by atoms with Gasteiger partial charge >= 0.3 is 5.97 Å². The van der Waals surface area contributed by atoms with E-state index in [2.05, 4.69) is 0 Å². The van der Waals surface area contributed by atoms with Gasteiger partial charge in [0.15, 0.2) is 0 Å². The molecule has 6 heteroatoms. The Hall–Kier alpha value is -2.08. The molecule has 24 heavy (non-hydrogen) atoms. The van der Waals surface area contributed by atoms with Gasteiger partial charge in [-0.25, -0.2) is 0 Å². The number of likely N-dealkylation sites (tertiary alicyclic amines) is 1. The summed E-state index contributed by atoms with van der Waals surface area (Å²) in [5, 5.41) is 9.71. The molecule has 0 radical (unpaired) electrons. The highest BCUT2D eigenvalue weighted by molar-refractivity contribution is 5.85. The number of ether oxygens (including phenoxy) is 2. The molecule has 2 heterocycles. The van der Waals surface area contributed by atoms with Crippen molar-refractivity contribution in [2.75, 3.05) is 33.4 Å². The maximum Gasteiger partial charge on any atom is 0.311 e. The van der Waals surface area contributed by atoms with E-state index >= 15 is 0 Å². The third-order valence-electron chi connectivity index (χ3n) is 5.41. The van der Waals surface area contributed by atoms with Crippen molar-refractivity contribution >= 4 is 11.9 Å². The zero-order valence-electron chi connectivity index (χ0n) is 14.0. The summed E-state index contributed by atoms with van der Waals surface area (Å²) >= 11 is 0. The van der Waals surface area contributed by atoms with Gasteiger partial charge in [-0.1, -0.05) is 12.1 Å². The van der Waals surface area contributed by atoms with Crippen LogP contribution >= 0.6 is 0 Å². The fourth-order valence-corrected chi connectivity index (χ4v) is 3.79. The highest BCUT2D eigenvalue weighted by Gasteiger charge is 2.55. The van der Waals surface area contributed by atoms with Crippen LogP contribution in [0.1, 0.15) is 24.8 Å². The summed E-state index contributed by atoms with van der Waals surface area (Å²) in [6, 6.07) is 7.43. The Kier molecular flexibility index (Phi) is 4.49. The van der Waals surface area contributed by atoms with E-state index in [0.29, 0.717) is 31.9 Å². The normalized spacial score (nSPS) is 27.4. The second-order valence-corrected chi connectivity index (χ2v) is 6.70. The molecule has 1 aromatic carbocycles. The molecular weight excluding hydrogens is 310 g/mol. The monoisotopic (exact) mass is 333 g/mol. The molecule has 3 atom stereocenters. The van der Waals surface area contributed by atoms with Crippen molar-refractivity contribution in [1.82, 2.24) is 4.90 Å². The van der Waals surface area contributed by atoms with E-state index in [1.807, 2.05) is 31.2 Å². The number of carboxylic acid groups (broad SMARTS) is 1. The lowest BCUT2D eigenvalue weighted by Gasteiger charge is -2.33. The molecule has 3 rings (SSSR count). The van der Waals surface area contributed by atoms with Crippen molar-refractivity contribution in [3.63, 3.8) is 0 Å². The topological polar surface area (TPSA) is 76.1 Å². The summed E-state index contributed by atoms with van der Waals surface area (Å²) in [5.41, 5.74) is 0.0111. The Bertz CT molecular complexity index is 646. The average molecular weight is 333 g/mol. The second kappa shape index (κ2) is 6.43. The van der Waals surface area contributed by atoms with Crippen LogP contribution in [0.4, 0.5) is 0 Å². The van der Waals surface area contributed by atoms with Gasteiger partial charge in [0.1, 0.15) is 5.75 Å². The molecule has 1 amide bonds. The van der Waals surface area contributed by atoms with Gasteiger partial charge in [0.25, 0.3) is 0 Å². The molecule has 1 N–H and O–H groups in total. The Morgan fingerprint density at radius 1 is 1.46 bits per heavy atom. The number of benzene rings is 1. The summed E-state index contributed by atoms with van der Waals surface area (Å²) in [6.45, 7) is 3.41. The minimum Gasteiger partial charge on any atom is -0.497 e. The highest BCUT2D eigenvalue weighted by Crippen LogP contribution is 2.43. The molecule has 0 bridgehead atoms. The van der Waals surface area contributed by atoms with Crippen LogP contribution in [0, 0.1) is 11.3 Å². The number of hydrogen-bond donors (Lipinski definition) is 1. The number of aliphatic carboxylic acids is 1. The molecule has 0 aromatic heterocycles. The van der Waals surface area contributed by atoms with Crippen molar-refractivity contribution < 1.29 is 24.2 Å². The zero-order valence-corrected chi connectivity index (χ0v) is 14.0. The van der Waals surface area contributed by atoms with Gasteiger partial charge in [-0.05, 0) is 31.0 Å². The van der Waals surface area contributed by atoms with Crippen LogP contribution in [-0.2, 0) is 14.3 Å². The van der Waals surface area contributed by atoms with Crippen LogP contribution in [-0.4, -0.2) is 55.3 Å². The maximum atomic E-state index is 12.9. The maximum absolute atomic E-state index is 12.9. The van der Waals surface area contributed by atoms with Crippen molar-refractivity contribution in [2.24, 2.45) is 11.3 Å². The van der Waals surface area contributed by atoms with Crippen molar-refractivity contribution in [1.29, 1.82) is 0 Å². The molecule has 0 aliphatic carbocycles. The summed E-state index contributed by atoms with van der Waals surface area (Å²) in [6.07, 6.45) is 0.463. The quantitative estimate of drug-likeness (QED) is 0.908.